The van der Waals surface area contributed by atoms with Gasteiger partial charge >= 0.3 is 0 Å². The average molecular weight is 324 g/mol. The van der Waals surface area contributed by atoms with E-state index in [1.165, 1.54) is 21.4 Å². The number of nitrogens with two attached hydrogens (primary N) is 1. The molecule has 114 valence electrons. The summed E-state index contributed by atoms with van der Waals surface area (Å²) in [6, 6.07) is 7.36. The molecule has 1 unspecified atom stereocenters. The highest BCUT2D eigenvalue weighted by Gasteiger charge is 2.16. The molecular weight excluding hydrogens is 304 g/mol. The van der Waals surface area contributed by atoms with Crippen molar-refractivity contribution in [3.63, 3.8) is 0 Å². The number of primary sulfonamides is 1. The van der Waals surface area contributed by atoms with Gasteiger partial charge in [-0.05, 0) is 57.0 Å². The fraction of sp³-hybridized carbons (Fsp3) is 0.333. The number of benzene rings is 1. The molecule has 0 fully saturated rings. The molecule has 1 heterocycles. The van der Waals surface area contributed by atoms with Crippen molar-refractivity contribution < 1.29 is 8.42 Å². The van der Waals surface area contributed by atoms with E-state index in [4.69, 9.17) is 5.14 Å². The van der Waals surface area contributed by atoms with Crippen LogP contribution in [0.15, 0.2) is 29.2 Å². The smallest absolute Gasteiger partial charge is 0.238 e. The number of sulfonamides is 1. The van der Waals surface area contributed by atoms with Crippen LogP contribution in [0.3, 0.4) is 0 Å². The molecule has 0 radical (unpaired) electrons. The Kier molecular flexibility index (Phi) is 4.41. The van der Waals surface area contributed by atoms with Crippen LogP contribution in [-0.2, 0) is 10.0 Å². The first-order chi connectivity index (χ1) is 9.70. The van der Waals surface area contributed by atoms with Crippen molar-refractivity contribution in [2.24, 2.45) is 5.14 Å². The minimum atomic E-state index is -3.70. The molecule has 3 N–H and O–H groups in total. The number of aryl methyl sites for hydroxylation is 2. The molecule has 2 aromatic rings. The molecule has 0 aliphatic rings. The molecule has 0 spiro atoms. The van der Waals surface area contributed by atoms with Gasteiger partial charge in [0.1, 0.15) is 0 Å². The number of thiophene rings is 1. The zero-order valence-corrected chi connectivity index (χ0v) is 14.2. The molecule has 1 aromatic carbocycles. The molecule has 1 aromatic heterocycles. The summed E-state index contributed by atoms with van der Waals surface area (Å²) in [5.74, 6) is 0. The molecule has 0 amide bonds. The van der Waals surface area contributed by atoms with Gasteiger partial charge in [0.15, 0.2) is 0 Å². The van der Waals surface area contributed by atoms with Gasteiger partial charge in [-0.2, -0.15) is 0 Å². The Hall–Kier alpha value is -1.37. The summed E-state index contributed by atoms with van der Waals surface area (Å²) in [6.45, 7) is 8.01. The monoisotopic (exact) mass is 324 g/mol. The Morgan fingerprint density at radius 3 is 2.43 bits per heavy atom. The van der Waals surface area contributed by atoms with Gasteiger partial charge in [-0.3, -0.25) is 0 Å². The number of hydrogen-bond acceptors (Lipinski definition) is 4. The lowest BCUT2D eigenvalue weighted by Crippen LogP contribution is -2.15. The molecule has 0 bridgehead atoms. The quantitative estimate of drug-likeness (QED) is 0.904. The Morgan fingerprint density at radius 2 is 1.90 bits per heavy atom. The van der Waals surface area contributed by atoms with E-state index in [-0.39, 0.29) is 10.9 Å². The van der Waals surface area contributed by atoms with E-state index in [9.17, 15) is 8.42 Å². The van der Waals surface area contributed by atoms with Gasteiger partial charge in [-0.15, -0.1) is 11.3 Å². The summed E-state index contributed by atoms with van der Waals surface area (Å²) < 4.78 is 23.1. The molecule has 2 rings (SSSR count). The maximum Gasteiger partial charge on any atom is 0.238 e. The van der Waals surface area contributed by atoms with Crippen molar-refractivity contribution in [3.05, 3.63) is 45.1 Å². The Labute approximate surface area is 130 Å². The van der Waals surface area contributed by atoms with Gasteiger partial charge < -0.3 is 5.32 Å². The van der Waals surface area contributed by atoms with Crippen molar-refractivity contribution in [2.45, 2.75) is 38.6 Å². The number of hydrogen-bond donors (Lipinski definition) is 2. The van der Waals surface area contributed by atoms with Crippen LogP contribution in [0.4, 0.5) is 5.69 Å². The van der Waals surface area contributed by atoms with Crippen LogP contribution in [0.5, 0.6) is 0 Å². The second-order valence-electron chi connectivity index (χ2n) is 5.21. The van der Waals surface area contributed by atoms with Gasteiger partial charge in [0.2, 0.25) is 10.0 Å². The van der Waals surface area contributed by atoms with Crippen molar-refractivity contribution in [3.8, 4) is 0 Å². The fourth-order valence-corrected chi connectivity index (χ4v) is 4.30. The van der Waals surface area contributed by atoms with E-state index in [2.05, 4.69) is 32.2 Å². The molecule has 0 saturated heterocycles. The third-order valence-electron chi connectivity index (χ3n) is 3.51. The molecule has 6 heteroatoms. The fourth-order valence-electron chi connectivity index (χ4n) is 2.47. The third-order valence-corrected chi connectivity index (χ3v) is 5.55. The lowest BCUT2D eigenvalue weighted by molar-refractivity contribution is 0.597. The maximum absolute atomic E-state index is 11.6. The molecule has 1 atom stereocenters. The van der Waals surface area contributed by atoms with E-state index in [1.807, 2.05) is 6.07 Å². The zero-order chi connectivity index (χ0) is 15.8. The van der Waals surface area contributed by atoms with Crippen molar-refractivity contribution >= 4 is 27.0 Å². The molecule has 21 heavy (non-hydrogen) atoms. The standard InChI is InChI=1S/C15H20N2O2S2/c1-9-8-13(12(4)20-9)11(3)17-14-6-5-7-15(10(14)2)21(16,18)19/h5-8,11,17H,1-4H3,(H2,16,18,19). The van der Waals surface area contributed by atoms with Gasteiger partial charge in [0, 0.05) is 21.5 Å². The minimum Gasteiger partial charge on any atom is -0.378 e. The van der Waals surface area contributed by atoms with Crippen LogP contribution in [0.1, 0.15) is 33.8 Å². The zero-order valence-electron chi connectivity index (χ0n) is 12.6. The van der Waals surface area contributed by atoms with Crippen LogP contribution in [0, 0.1) is 20.8 Å². The van der Waals surface area contributed by atoms with Crippen LogP contribution >= 0.6 is 11.3 Å². The summed E-state index contributed by atoms with van der Waals surface area (Å²) in [5.41, 5.74) is 2.67. The van der Waals surface area contributed by atoms with Gasteiger partial charge in [0.25, 0.3) is 0 Å². The number of anilines is 1. The average Bonchev–Trinajstić information content (AvgIpc) is 2.69. The molecule has 4 nitrogen and oxygen atoms in total. The summed E-state index contributed by atoms with van der Waals surface area (Å²) in [7, 11) is -3.70. The molecular formula is C15H20N2O2S2. The van der Waals surface area contributed by atoms with Crippen molar-refractivity contribution in [1.29, 1.82) is 0 Å². The maximum atomic E-state index is 11.6. The van der Waals surface area contributed by atoms with Crippen molar-refractivity contribution in [1.82, 2.24) is 0 Å². The highest BCUT2D eigenvalue weighted by Crippen LogP contribution is 2.30. The predicted molar refractivity (Wildman–Crippen MR) is 88.4 cm³/mol. The van der Waals surface area contributed by atoms with Gasteiger partial charge in [0.05, 0.1) is 4.90 Å². The Balaban J connectivity index is 2.34. The predicted octanol–water partition coefficient (Wildman–Crippen LogP) is 3.49. The van der Waals surface area contributed by atoms with Crippen LogP contribution in [0.25, 0.3) is 0 Å². The van der Waals surface area contributed by atoms with Crippen molar-refractivity contribution in [2.75, 3.05) is 5.32 Å². The first-order valence-corrected chi connectivity index (χ1v) is 9.02. The van der Waals surface area contributed by atoms with E-state index in [0.29, 0.717) is 5.56 Å². The SMILES string of the molecule is Cc1cc(C(C)Nc2cccc(S(N)(=O)=O)c2C)c(C)s1. The molecule has 0 aliphatic heterocycles. The van der Waals surface area contributed by atoms with E-state index >= 15 is 0 Å². The first-order valence-electron chi connectivity index (χ1n) is 6.66. The largest absolute Gasteiger partial charge is 0.378 e. The highest BCUT2D eigenvalue weighted by atomic mass is 32.2. The summed E-state index contributed by atoms with van der Waals surface area (Å²) in [6.07, 6.45) is 0. The van der Waals surface area contributed by atoms with Crippen LogP contribution in [0.2, 0.25) is 0 Å². The first kappa shape index (κ1) is 16.0. The summed E-state index contributed by atoms with van der Waals surface area (Å²) >= 11 is 1.76. The Morgan fingerprint density at radius 1 is 1.24 bits per heavy atom. The highest BCUT2D eigenvalue weighted by molar-refractivity contribution is 7.89. The minimum absolute atomic E-state index is 0.101. The van der Waals surface area contributed by atoms with Crippen LogP contribution in [-0.4, -0.2) is 8.42 Å². The second-order valence-corrected chi connectivity index (χ2v) is 8.20. The van der Waals surface area contributed by atoms with Crippen LogP contribution < -0.4 is 10.5 Å². The summed E-state index contributed by atoms with van der Waals surface area (Å²) in [5, 5.41) is 8.62. The van der Waals surface area contributed by atoms with E-state index < -0.39 is 10.0 Å². The summed E-state index contributed by atoms with van der Waals surface area (Å²) in [4.78, 5) is 2.71. The number of rotatable bonds is 4. The van der Waals surface area contributed by atoms with Gasteiger partial charge in [-0.1, -0.05) is 6.07 Å². The molecule has 0 aliphatic carbocycles. The third kappa shape index (κ3) is 3.45. The van der Waals surface area contributed by atoms with Gasteiger partial charge in [-0.25, -0.2) is 13.6 Å². The normalized spacial score (nSPS) is 13.2. The lowest BCUT2D eigenvalue weighted by Gasteiger charge is -2.18. The topological polar surface area (TPSA) is 72.2 Å². The lowest BCUT2D eigenvalue weighted by atomic mass is 10.1. The number of nitrogens with one attached hydrogen (secondary N) is 1. The Bertz CT molecular complexity index is 764. The van der Waals surface area contributed by atoms with E-state index in [1.54, 1.807) is 24.3 Å². The van der Waals surface area contributed by atoms with E-state index in [0.717, 1.165) is 5.69 Å². The second kappa shape index (κ2) is 5.79. The molecule has 0 saturated carbocycles.